The van der Waals surface area contributed by atoms with Crippen LogP contribution in [0.15, 0.2) is 47.7 Å². The number of benzene rings is 1. The van der Waals surface area contributed by atoms with Gasteiger partial charge >= 0.3 is 0 Å². The predicted molar refractivity (Wildman–Crippen MR) is 104 cm³/mol. The van der Waals surface area contributed by atoms with Crippen molar-refractivity contribution in [3.8, 4) is 12.3 Å². The summed E-state index contributed by atoms with van der Waals surface area (Å²) in [6.07, 6.45) is 9.95. The highest BCUT2D eigenvalue weighted by Crippen LogP contribution is 2.09. The maximum Gasteiger partial charge on any atom is 0.246 e. The van der Waals surface area contributed by atoms with Gasteiger partial charge in [-0.1, -0.05) is 12.0 Å². The summed E-state index contributed by atoms with van der Waals surface area (Å²) in [5.74, 6) is 2.95. The fraction of sp³-hybridized carbons (Fsp3) is 0.316. The number of hydrogen-bond acceptors (Lipinski definition) is 3. The summed E-state index contributed by atoms with van der Waals surface area (Å²) < 4.78 is 1.88. The molecule has 1 aromatic heterocycles. The Balaban J connectivity index is 1.79. The van der Waals surface area contributed by atoms with Crippen molar-refractivity contribution in [3.63, 3.8) is 0 Å². The molecule has 0 atom stereocenters. The van der Waals surface area contributed by atoms with E-state index in [0.29, 0.717) is 11.6 Å². The fourth-order valence-electron chi connectivity index (χ4n) is 2.26. The van der Waals surface area contributed by atoms with Gasteiger partial charge in [0, 0.05) is 43.3 Å². The first-order chi connectivity index (χ1) is 12.7. The average Bonchev–Trinajstić information content (AvgIpc) is 3.16. The molecule has 0 saturated carbocycles. The van der Waals surface area contributed by atoms with Gasteiger partial charge in [0.25, 0.3) is 0 Å². The highest BCUT2D eigenvalue weighted by molar-refractivity contribution is 5.94. The molecule has 0 aliphatic rings. The summed E-state index contributed by atoms with van der Waals surface area (Å²) in [4.78, 5) is 16.4. The molecule has 0 spiro atoms. The number of anilines is 1. The lowest BCUT2D eigenvalue weighted by Gasteiger charge is -2.11. The summed E-state index contributed by atoms with van der Waals surface area (Å²) in [5, 5.41) is 13.3. The second-order valence-corrected chi connectivity index (χ2v) is 5.52. The Labute approximate surface area is 153 Å². The zero-order chi connectivity index (χ0) is 18.6. The van der Waals surface area contributed by atoms with Crippen LogP contribution in [0, 0.1) is 12.3 Å². The number of carbonyl (C=O) groups is 1. The highest BCUT2D eigenvalue weighted by atomic mass is 16.1. The predicted octanol–water partition coefficient (Wildman–Crippen LogP) is 1.45. The topological polar surface area (TPSA) is 83.3 Å². The minimum Gasteiger partial charge on any atom is -0.357 e. The Kier molecular flexibility index (Phi) is 7.74. The van der Waals surface area contributed by atoms with Crippen LogP contribution >= 0.6 is 0 Å². The van der Waals surface area contributed by atoms with E-state index in [1.54, 1.807) is 24.4 Å². The number of carbonyl (C=O) groups excluding carboxylic acids is 1. The molecule has 1 aromatic carbocycles. The number of amides is 1. The largest absolute Gasteiger partial charge is 0.357 e. The summed E-state index contributed by atoms with van der Waals surface area (Å²) >= 11 is 0. The Bertz CT molecular complexity index is 761. The molecule has 0 aliphatic heterocycles. The SMILES string of the molecule is C#Cc1cccc(NC(=O)CN=C(NCC)NCCCn2cccn2)c1. The number of rotatable bonds is 8. The zero-order valence-corrected chi connectivity index (χ0v) is 14.9. The molecule has 136 valence electrons. The molecule has 2 rings (SSSR count). The Hall–Kier alpha value is -3.27. The third-order valence-corrected chi connectivity index (χ3v) is 3.45. The van der Waals surface area contributed by atoms with Gasteiger partial charge in [0.2, 0.25) is 5.91 Å². The zero-order valence-electron chi connectivity index (χ0n) is 14.9. The van der Waals surface area contributed by atoms with E-state index in [1.165, 1.54) is 0 Å². The first-order valence-electron chi connectivity index (χ1n) is 8.57. The van der Waals surface area contributed by atoms with Crippen molar-refractivity contribution < 1.29 is 4.79 Å². The van der Waals surface area contributed by atoms with Crippen LogP contribution in [0.5, 0.6) is 0 Å². The van der Waals surface area contributed by atoms with Crippen molar-refractivity contribution >= 4 is 17.6 Å². The Morgan fingerprint density at radius 3 is 2.96 bits per heavy atom. The molecule has 7 heteroatoms. The van der Waals surface area contributed by atoms with Crippen molar-refractivity contribution in [2.45, 2.75) is 19.9 Å². The molecule has 1 heterocycles. The summed E-state index contributed by atoms with van der Waals surface area (Å²) in [6.45, 7) is 4.28. The molecule has 26 heavy (non-hydrogen) atoms. The maximum atomic E-state index is 12.1. The second-order valence-electron chi connectivity index (χ2n) is 5.52. The number of aliphatic imine (C=N–C) groups is 1. The van der Waals surface area contributed by atoms with Gasteiger partial charge in [0.15, 0.2) is 5.96 Å². The lowest BCUT2D eigenvalue weighted by atomic mass is 10.2. The van der Waals surface area contributed by atoms with E-state index < -0.39 is 0 Å². The maximum absolute atomic E-state index is 12.1. The van der Waals surface area contributed by atoms with Crippen molar-refractivity contribution in [1.82, 2.24) is 20.4 Å². The summed E-state index contributed by atoms with van der Waals surface area (Å²) in [5.41, 5.74) is 1.39. The number of aromatic nitrogens is 2. The molecule has 0 unspecified atom stereocenters. The van der Waals surface area contributed by atoms with Crippen LogP contribution in [-0.2, 0) is 11.3 Å². The van der Waals surface area contributed by atoms with E-state index in [4.69, 9.17) is 6.42 Å². The van der Waals surface area contributed by atoms with Gasteiger partial charge in [-0.05, 0) is 37.6 Å². The minimum atomic E-state index is -0.201. The van der Waals surface area contributed by atoms with Gasteiger partial charge in [0.05, 0.1) is 0 Å². The molecule has 0 saturated heterocycles. The van der Waals surface area contributed by atoms with Crippen LogP contribution in [0.4, 0.5) is 5.69 Å². The van der Waals surface area contributed by atoms with Crippen molar-refractivity contribution in [1.29, 1.82) is 0 Å². The van der Waals surface area contributed by atoms with E-state index in [9.17, 15) is 4.79 Å². The molecular formula is C19H24N6O. The molecule has 0 aliphatic carbocycles. The first kappa shape index (κ1) is 19.1. The van der Waals surface area contributed by atoms with Gasteiger partial charge in [0.1, 0.15) is 6.54 Å². The quantitative estimate of drug-likeness (QED) is 0.291. The fourth-order valence-corrected chi connectivity index (χ4v) is 2.26. The average molecular weight is 352 g/mol. The normalized spacial score (nSPS) is 10.8. The van der Waals surface area contributed by atoms with E-state index in [2.05, 4.69) is 32.0 Å². The number of aryl methyl sites for hydroxylation is 1. The van der Waals surface area contributed by atoms with Crippen LogP contribution in [0.25, 0.3) is 0 Å². The lowest BCUT2D eigenvalue weighted by molar-refractivity contribution is -0.114. The summed E-state index contributed by atoms with van der Waals surface area (Å²) in [6, 6.07) is 9.06. The molecule has 7 nitrogen and oxygen atoms in total. The Morgan fingerprint density at radius 1 is 1.35 bits per heavy atom. The highest BCUT2D eigenvalue weighted by Gasteiger charge is 2.03. The van der Waals surface area contributed by atoms with Crippen molar-refractivity contribution in [2.75, 3.05) is 25.0 Å². The van der Waals surface area contributed by atoms with Gasteiger partial charge in [-0.15, -0.1) is 6.42 Å². The van der Waals surface area contributed by atoms with Gasteiger partial charge in [-0.2, -0.15) is 5.10 Å². The molecule has 0 fully saturated rings. The first-order valence-corrected chi connectivity index (χ1v) is 8.57. The van der Waals surface area contributed by atoms with Gasteiger partial charge in [-0.3, -0.25) is 9.48 Å². The number of terminal acetylenes is 1. The van der Waals surface area contributed by atoms with E-state index in [0.717, 1.165) is 31.6 Å². The van der Waals surface area contributed by atoms with E-state index in [1.807, 2.05) is 29.9 Å². The molecular weight excluding hydrogens is 328 g/mol. The molecule has 1 amide bonds. The van der Waals surface area contributed by atoms with Crippen molar-refractivity contribution in [3.05, 3.63) is 48.3 Å². The van der Waals surface area contributed by atoms with Crippen LogP contribution in [0.2, 0.25) is 0 Å². The number of nitrogens with one attached hydrogen (secondary N) is 3. The van der Waals surface area contributed by atoms with Crippen LogP contribution in [-0.4, -0.2) is 41.3 Å². The minimum absolute atomic E-state index is 0.0226. The standard InChI is InChI=1S/C19H24N6O/c1-3-16-8-5-9-17(14-16)24-18(26)15-22-19(20-4-2)21-10-6-12-25-13-7-11-23-25/h1,5,7-9,11,13-14H,4,6,10,12,15H2,2H3,(H,24,26)(H2,20,21,22). The molecule has 0 radical (unpaired) electrons. The third kappa shape index (κ3) is 6.69. The second kappa shape index (κ2) is 10.6. The Morgan fingerprint density at radius 2 is 2.23 bits per heavy atom. The van der Waals surface area contributed by atoms with E-state index >= 15 is 0 Å². The third-order valence-electron chi connectivity index (χ3n) is 3.45. The van der Waals surface area contributed by atoms with Crippen LogP contribution in [0.3, 0.4) is 0 Å². The molecule has 3 N–H and O–H groups in total. The van der Waals surface area contributed by atoms with Crippen LogP contribution in [0.1, 0.15) is 18.9 Å². The van der Waals surface area contributed by atoms with E-state index in [-0.39, 0.29) is 12.5 Å². The smallest absolute Gasteiger partial charge is 0.246 e. The molecule has 0 bridgehead atoms. The van der Waals surface area contributed by atoms with Crippen LogP contribution < -0.4 is 16.0 Å². The van der Waals surface area contributed by atoms with Gasteiger partial charge in [-0.25, -0.2) is 4.99 Å². The molecule has 2 aromatic rings. The number of guanidine groups is 1. The monoisotopic (exact) mass is 352 g/mol. The van der Waals surface area contributed by atoms with Crippen molar-refractivity contribution in [2.24, 2.45) is 4.99 Å². The lowest BCUT2D eigenvalue weighted by Crippen LogP contribution is -2.38. The summed E-state index contributed by atoms with van der Waals surface area (Å²) in [7, 11) is 0. The number of nitrogens with zero attached hydrogens (tertiary/aromatic N) is 3. The number of hydrogen-bond donors (Lipinski definition) is 3. The van der Waals surface area contributed by atoms with Gasteiger partial charge < -0.3 is 16.0 Å².